The number of aromatic nitrogens is 4. The molecule has 0 radical (unpaired) electrons. The molecule has 0 spiro atoms. The lowest BCUT2D eigenvalue weighted by atomic mass is 10.1. The maximum absolute atomic E-state index is 12.8. The van der Waals surface area contributed by atoms with Crippen molar-refractivity contribution in [2.45, 2.75) is 6.54 Å². The van der Waals surface area contributed by atoms with Gasteiger partial charge >= 0.3 is 0 Å². The summed E-state index contributed by atoms with van der Waals surface area (Å²) in [7, 11) is 1.74. The van der Waals surface area contributed by atoms with Crippen LogP contribution in [0, 0.1) is 0 Å². The molecule has 0 aliphatic heterocycles. The second-order valence-corrected chi connectivity index (χ2v) is 7.15. The maximum Gasteiger partial charge on any atom is 0.254 e. The average molecular weight is 438 g/mol. The first-order valence-corrected chi connectivity index (χ1v) is 9.33. The van der Waals surface area contributed by atoms with Gasteiger partial charge in [0.25, 0.3) is 5.91 Å². The lowest BCUT2D eigenvalue weighted by Gasteiger charge is -2.16. The third-order valence-electron chi connectivity index (χ3n) is 4.24. The van der Waals surface area contributed by atoms with E-state index in [0.717, 1.165) is 21.5 Å². The van der Waals surface area contributed by atoms with Crippen LogP contribution in [0.5, 0.6) is 0 Å². The van der Waals surface area contributed by atoms with Crippen molar-refractivity contribution < 1.29 is 9.21 Å². The van der Waals surface area contributed by atoms with Gasteiger partial charge in [-0.15, -0.1) is 5.10 Å². The van der Waals surface area contributed by atoms with Crippen molar-refractivity contribution in [1.82, 2.24) is 25.1 Å². The molecule has 1 amide bonds. The second kappa shape index (κ2) is 7.77. The number of amides is 1. The largest absolute Gasteiger partial charge is 0.459 e. The Bertz CT molecular complexity index is 1090. The number of benzene rings is 2. The van der Waals surface area contributed by atoms with Crippen molar-refractivity contribution in [1.29, 1.82) is 0 Å². The van der Waals surface area contributed by atoms with Gasteiger partial charge in [0.1, 0.15) is 17.8 Å². The van der Waals surface area contributed by atoms with E-state index in [1.165, 1.54) is 11.0 Å². The standard InChI is InChI=1S/C20H16BrN5O2/c1-25(12-18-9-10-19(28-18)14-5-7-16(21)8-6-14)20(27)15-3-2-4-17(11-15)26-13-22-23-24-26/h2-11,13H,12H2,1H3. The molecular weight excluding hydrogens is 422 g/mol. The van der Waals surface area contributed by atoms with Crippen molar-refractivity contribution in [3.8, 4) is 17.0 Å². The fraction of sp³-hybridized carbons (Fsp3) is 0.100. The first-order valence-electron chi connectivity index (χ1n) is 8.54. The van der Waals surface area contributed by atoms with E-state index in [1.54, 1.807) is 30.1 Å². The van der Waals surface area contributed by atoms with Gasteiger partial charge in [-0.05, 0) is 52.9 Å². The summed E-state index contributed by atoms with van der Waals surface area (Å²) in [5.74, 6) is 1.37. The predicted molar refractivity (Wildman–Crippen MR) is 107 cm³/mol. The first-order chi connectivity index (χ1) is 13.6. The highest BCUT2D eigenvalue weighted by atomic mass is 79.9. The van der Waals surface area contributed by atoms with Crippen LogP contribution in [0.4, 0.5) is 0 Å². The summed E-state index contributed by atoms with van der Waals surface area (Å²) in [5, 5.41) is 11.1. The van der Waals surface area contributed by atoms with Gasteiger partial charge in [0.2, 0.25) is 0 Å². The van der Waals surface area contributed by atoms with Gasteiger partial charge in [0, 0.05) is 22.6 Å². The van der Waals surface area contributed by atoms with Crippen molar-refractivity contribution in [3.63, 3.8) is 0 Å². The van der Waals surface area contributed by atoms with Gasteiger partial charge in [0.15, 0.2) is 0 Å². The second-order valence-electron chi connectivity index (χ2n) is 6.24. The predicted octanol–water partition coefficient (Wildman–Crippen LogP) is 3.96. The van der Waals surface area contributed by atoms with Crippen molar-refractivity contribution >= 4 is 21.8 Å². The minimum absolute atomic E-state index is 0.114. The Morgan fingerprint density at radius 2 is 1.96 bits per heavy atom. The Kier molecular flexibility index (Phi) is 5.03. The van der Waals surface area contributed by atoms with E-state index in [4.69, 9.17) is 4.42 Å². The van der Waals surface area contributed by atoms with Gasteiger partial charge in [-0.3, -0.25) is 4.79 Å². The van der Waals surface area contributed by atoms with Crippen LogP contribution in [0.2, 0.25) is 0 Å². The Labute approximate surface area is 169 Å². The van der Waals surface area contributed by atoms with Gasteiger partial charge in [-0.1, -0.05) is 34.1 Å². The molecule has 4 aromatic rings. The maximum atomic E-state index is 12.8. The third-order valence-corrected chi connectivity index (χ3v) is 4.77. The summed E-state index contributed by atoms with van der Waals surface area (Å²) in [6.07, 6.45) is 1.49. The fourth-order valence-electron chi connectivity index (χ4n) is 2.82. The Hall–Kier alpha value is -3.26. The summed E-state index contributed by atoms with van der Waals surface area (Å²) >= 11 is 3.42. The number of furan rings is 1. The molecule has 28 heavy (non-hydrogen) atoms. The van der Waals surface area contributed by atoms with Crippen LogP contribution < -0.4 is 0 Å². The number of tetrazole rings is 1. The summed E-state index contributed by atoms with van der Waals surface area (Å²) in [4.78, 5) is 14.4. The van der Waals surface area contributed by atoms with Gasteiger partial charge in [0.05, 0.1) is 12.2 Å². The third kappa shape index (κ3) is 3.86. The van der Waals surface area contributed by atoms with Crippen LogP contribution in [0.3, 0.4) is 0 Å². The molecule has 0 saturated carbocycles. The Balaban J connectivity index is 1.48. The Morgan fingerprint density at radius 1 is 1.14 bits per heavy atom. The molecule has 0 bridgehead atoms. The van der Waals surface area contributed by atoms with Crippen molar-refractivity contribution in [2.24, 2.45) is 0 Å². The van der Waals surface area contributed by atoms with Gasteiger partial charge in [-0.2, -0.15) is 0 Å². The number of hydrogen-bond donors (Lipinski definition) is 0. The van der Waals surface area contributed by atoms with Crippen molar-refractivity contribution in [3.05, 3.63) is 82.8 Å². The molecule has 0 N–H and O–H groups in total. The topological polar surface area (TPSA) is 77.0 Å². The highest BCUT2D eigenvalue weighted by molar-refractivity contribution is 9.10. The highest BCUT2D eigenvalue weighted by Gasteiger charge is 2.15. The molecule has 0 aliphatic rings. The van der Waals surface area contributed by atoms with E-state index in [2.05, 4.69) is 31.5 Å². The molecule has 0 fully saturated rings. The number of rotatable bonds is 5. The van der Waals surface area contributed by atoms with Crippen LogP contribution in [0.25, 0.3) is 17.0 Å². The quantitative estimate of drug-likeness (QED) is 0.472. The monoisotopic (exact) mass is 437 g/mol. The number of halogens is 1. The average Bonchev–Trinajstić information content (AvgIpc) is 3.40. The molecular formula is C20H16BrN5O2. The minimum Gasteiger partial charge on any atom is -0.459 e. The molecule has 2 aromatic carbocycles. The lowest BCUT2D eigenvalue weighted by Crippen LogP contribution is -2.26. The van der Waals surface area contributed by atoms with Crippen LogP contribution >= 0.6 is 15.9 Å². The molecule has 140 valence electrons. The lowest BCUT2D eigenvalue weighted by molar-refractivity contribution is 0.0775. The number of carbonyl (C=O) groups excluding carboxylic acids is 1. The zero-order valence-corrected chi connectivity index (χ0v) is 16.6. The molecule has 7 nitrogen and oxygen atoms in total. The molecule has 2 heterocycles. The first kappa shape index (κ1) is 18.1. The van der Waals surface area contributed by atoms with Crippen LogP contribution in [-0.2, 0) is 6.54 Å². The van der Waals surface area contributed by atoms with Crippen LogP contribution in [0.15, 0.2) is 75.9 Å². The summed E-state index contributed by atoms with van der Waals surface area (Å²) in [6.45, 7) is 0.366. The van der Waals surface area contributed by atoms with E-state index in [9.17, 15) is 4.79 Å². The highest BCUT2D eigenvalue weighted by Crippen LogP contribution is 2.24. The molecule has 4 rings (SSSR count). The van der Waals surface area contributed by atoms with Crippen molar-refractivity contribution in [2.75, 3.05) is 7.05 Å². The van der Waals surface area contributed by atoms with E-state index in [-0.39, 0.29) is 5.91 Å². The SMILES string of the molecule is CN(Cc1ccc(-c2ccc(Br)cc2)o1)C(=O)c1cccc(-n2cnnn2)c1. The molecule has 2 aromatic heterocycles. The van der Waals surface area contributed by atoms with E-state index in [1.807, 2.05) is 42.5 Å². The van der Waals surface area contributed by atoms with Gasteiger partial charge in [-0.25, -0.2) is 4.68 Å². The fourth-order valence-corrected chi connectivity index (χ4v) is 3.08. The van der Waals surface area contributed by atoms with Crippen LogP contribution in [0.1, 0.15) is 16.1 Å². The van der Waals surface area contributed by atoms with Gasteiger partial charge < -0.3 is 9.32 Å². The van der Waals surface area contributed by atoms with E-state index >= 15 is 0 Å². The normalized spacial score (nSPS) is 10.8. The molecule has 0 saturated heterocycles. The summed E-state index contributed by atoms with van der Waals surface area (Å²) in [6, 6.07) is 18.8. The molecule has 0 unspecified atom stereocenters. The molecule has 8 heteroatoms. The Morgan fingerprint density at radius 3 is 2.71 bits per heavy atom. The zero-order chi connectivity index (χ0) is 19.5. The zero-order valence-electron chi connectivity index (χ0n) is 15.0. The summed E-state index contributed by atoms with van der Waals surface area (Å²) in [5.41, 5.74) is 2.26. The number of hydrogen-bond acceptors (Lipinski definition) is 5. The number of nitrogens with zero attached hydrogens (tertiary/aromatic N) is 5. The van der Waals surface area contributed by atoms with E-state index < -0.39 is 0 Å². The summed E-state index contributed by atoms with van der Waals surface area (Å²) < 4.78 is 8.43. The number of carbonyl (C=O) groups is 1. The smallest absolute Gasteiger partial charge is 0.254 e. The molecule has 0 atom stereocenters. The van der Waals surface area contributed by atoms with E-state index in [0.29, 0.717) is 17.9 Å². The minimum atomic E-state index is -0.114. The van der Waals surface area contributed by atoms with Crippen LogP contribution in [-0.4, -0.2) is 38.1 Å². The molecule has 0 aliphatic carbocycles.